The summed E-state index contributed by atoms with van der Waals surface area (Å²) < 4.78 is 11.4. The van der Waals surface area contributed by atoms with Crippen molar-refractivity contribution in [3.05, 3.63) is 24.3 Å². The molecule has 1 rings (SSSR count). The molecule has 83 heavy (non-hydrogen) atoms. The fourth-order valence-corrected chi connectivity index (χ4v) is 12.3. The van der Waals surface area contributed by atoms with Crippen LogP contribution in [0.3, 0.4) is 0 Å². The van der Waals surface area contributed by atoms with Gasteiger partial charge in [0.2, 0.25) is 5.91 Å². The number of ether oxygens (including phenoxy) is 2. The second kappa shape index (κ2) is 63.7. The first-order chi connectivity index (χ1) is 40.8. The van der Waals surface area contributed by atoms with Crippen LogP contribution >= 0.6 is 0 Å². The molecule has 0 aromatic carbocycles. The number of aliphatic hydroxyl groups excluding tert-OH is 5. The summed E-state index contributed by atoms with van der Waals surface area (Å²) in [6.45, 7) is 3.89. The zero-order chi connectivity index (χ0) is 60.0. The molecule has 0 radical (unpaired) electrons. The SMILES string of the molecule is CCCCCCC/C=C\C/C=C\CCCCCCCCCCCCCCCCCCCCCCCCCC(=O)NC(COC1OC(CO)C(O)C(O)C1O)C(O)CCCCCCCCCCCCCCCCCCCCCCCCCCC. The lowest BCUT2D eigenvalue weighted by atomic mass is 9.99. The molecule has 0 bridgehead atoms. The number of nitrogens with one attached hydrogen (secondary N) is 1. The van der Waals surface area contributed by atoms with Crippen LogP contribution in [-0.2, 0) is 14.3 Å². The van der Waals surface area contributed by atoms with Crippen LogP contribution in [0.15, 0.2) is 24.3 Å². The number of carbonyl (C=O) groups excluding carboxylic acids is 1. The Hall–Kier alpha value is -1.33. The largest absolute Gasteiger partial charge is 0.394 e. The van der Waals surface area contributed by atoms with Gasteiger partial charge < -0.3 is 40.3 Å². The number of hydrogen-bond donors (Lipinski definition) is 6. The molecule has 9 nitrogen and oxygen atoms in total. The van der Waals surface area contributed by atoms with E-state index in [1.807, 2.05) is 0 Å². The van der Waals surface area contributed by atoms with Crippen molar-refractivity contribution >= 4 is 5.91 Å². The van der Waals surface area contributed by atoms with Crippen molar-refractivity contribution in [2.45, 2.75) is 429 Å². The summed E-state index contributed by atoms with van der Waals surface area (Å²) in [6, 6.07) is -0.718. The lowest BCUT2D eigenvalue weighted by Crippen LogP contribution is -2.60. The van der Waals surface area contributed by atoms with Crippen molar-refractivity contribution in [3.8, 4) is 0 Å². The third kappa shape index (κ3) is 52.3. The van der Waals surface area contributed by atoms with E-state index in [0.29, 0.717) is 12.8 Å². The fourth-order valence-electron chi connectivity index (χ4n) is 12.3. The van der Waals surface area contributed by atoms with Crippen LogP contribution in [0.4, 0.5) is 0 Å². The predicted octanol–water partition coefficient (Wildman–Crippen LogP) is 20.4. The molecule has 0 spiro atoms. The fraction of sp³-hybridized carbons (Fsp3) is 0.932. The quantitative estimate of drug-likeness (QED) is 0.0261. The molecule has 0 aliphatic carbocycles. The zero-order valence-corrected chi connectivity index (χ0v) is 55.2. The molecular formula is C74H143NO8. The van der Waals surface area contributed by atoms with Crippen molar-refractivity contribution in [1.29, 1.82) is 0 Å². The van der Waals surface area contributed by atoms with Crippen LogP contribution in [-0.4, -0.2) is 87.5 Å². The van der Waals surface area contributed by atoms with E-state index in [0.717, 1.165) is 44.9 Å². The first-order valence-electron chi connectivity index (χ1n) is 37.0. The Bertz CT molecular complexity index is 1360. The van der Waals surface area contributed by atoms with Gasteiger partial charge >= 0.3 is 0 Å². The van der Waals surface area contributed by atoms with E-state index < -0.39 is 49.5 Å². The average Bonchev–Trinajstić information content (AvgIpc) is 3.60. The monoisotopic (exact) mass is 1170 g/mol. The van der Waals surface area contributed by atoms with Gasteiger partial charge in [-0.05, 0) is 44.9 Å². The van der Waals surface area contributed by atoms with E-state index in [-0.39, 0.29) is 12.5 Å². The first kappa shape index (κ1) is 79.7. The van der Waals surface area contributed by atoms with Crippen molar-refractivity contribution in [1.82, 2.24) is 5.32 Å². The average molecular weight is 1170 g/mol. The lowest BCUT2D eigenvalue weighted by molar-refractivity contribution is -0.302. The first-order valence-corrected chi connectivity index (χ1v) is 37.0. The molecule has 7 atom stereocenters. The van der Waals surface area contributed by atoms with Crippen LogP contribution < -0.4 is 5.32 Å². The molecule has 1 amide bonds. The van der Waals surface area contributed by atoms with Gasteiger partial charge in [-0.3, -0.25) is 4.79 Å². The third-order valence-electron chi connectivity index (χ3n) is 18.1. The predicted molar refractivity (Wildman–Crippen MR) is 355 cm³/mol. The summed E-state index contributed by atoms with van der Waals surface area (Å²) in [5.41, 5.74) is 0. The van der Waals surface area contributed by atoms with Crippen LogP contribution in [0.25, 0.3) is 0 Å². The van der Waals surface area contributed by atoms with E-state index in [9.17, 15) is 30.3 Å². The number of allylic oxidation sites excluding steroid dienone is 4. The van der Waals surface area contributed by atoms with Gasteiger partial charge in [0.1, 0.15) is 24.4 Å². The third-order valence-corrected chi connectivity index (χ3v) is 18.1. The van der Waals surface area contributed by atoms with Gasteiger partial charge in [0.15, 0.2) is 6.29 Å². The number of unbranched alkanes of at least 4 members (excludes halogenated alkanes) is 52. The maximum absolute atomic E-state index is 13.2. The summed E-state index contributed by atoms with van der Waals surface area (Å²) in [5, 5.41) is 55.0. The molecule has 0 saturated carbocycles. The number of aliphatic hydroxyl groups is 5. The highest BCUT2D eigenvalue weighted by Crippen LogP contribution is 2.24. The molecule has 0 aromatic rings. The number of rotatable bonds is 66. The van der Waals surface area contributed by atoms with E-state index in [4.69, 9.17) is 9.47 Å². The molecular weight excluding hydrogens is 1030 g/mol. The number of carbonyl (C=O) groups is 1. The Labute approximate surface area is 515 Å². The summed E-state index contributed by atoms with van der Waals surface area (Å²) in [7, 11) is 0. The molecule has 1 saturated heterocycles. The molecule has 7 unspecified atom stereocenters. The Morgan fingerprint density at radius 2 is 0.711 bits per heavy atom. The van der Waals surface area contributed by atoms with Crippen molar-refractivity contribution < 1.29 is 39.8 Å². The van der Waals surface area contributed by atoms with Gasteiger partial charge in [-0.1, -0.05) is 359 Å². The standard InChI is InChI=1S/C74H143NO8/c1-3-5-7-9-11-13-15-17-19-21-23-25-27-29-30-31-32-33-34-35-36-37-38-40-42-44-46-48-50-52-54-56-58-60-62-64-70(78)75-67(66-82-74-73(81)72(80)71(79)69(65-76)83-74)68(77)63-61-59-57-55-53-51-49-47-45-43-41-39-28-26-24-22-20-18-16-14-12-10-8-6-4-2/h15,17,21,23,67-69,71-74,76-77,79-81H,3-14,16,18-20,22,24-66H2,1-2H3,(H,75,78)/b17-15-,23-21-. The molecule has 1 heterocycles. The van der Waals surface area contributed by atoms with Crippen molar-refractivity contribution in [2.75, 3.05) is 13.2 Å². The van der Waals surface area contributed by atoms with Gasteiger partial charge in [0.25, 0.3) is 0 Å². The molecule has 492 valence electrons. The Kier molecular flexibility index (Phi) is 61.1. The molecule has 6 N–H and O–H groups in total. The summed E-state index contributed by atoms with van der Waals surface area (Å²) in [6.07, 6.45) is 76.9. The van der Waals surface area contributed by atoms with Crippen LogP contribution in [0.1, 0.15) is 386 Å². The minimum absolute atomic E-state index is 0.132. The molecule has 1 aliphatic rings. The smallest absolute Gasteiger partial charge is 0.220 e. The molecule has 1 aliphatic heterocycles. The van der Waals surface area contributed by atoms with Gasteiger partial charge in [-0.2, -0.15) is 0 Å². The second-order valence-corrected chi connectivity index (χ2v) is 26.1. The highest BCUT2D eigenvalue weighted by molar-refractivity contribution is 5.76. The van der Waals surface area contributed by atoms with Crippen molar-refractivity contribution in [3.63, 3.8) is 0 Å². The highest BCUT2D eigenvalue weighted by atomic mass is 16.7. The molecule has 9 heteroatoms. The van der Waals surface area contributed by atoms with Gasteiger partial charge in [0, 0.05) is 6.42 Å². The Balaban J connectivity index is 2.06. The minimum atomic E-state index is -1.55. The van der Waals surface area contributed by atoms with Crippen LogP contribution in [0, 0.1) is 0 Å². The summed E-state index contributed by atoms with van der Waals surface area (Å²) in [5.74, 6) is -0.135. The van der Waals surface area contributed by atoms with E-state index in [1.54, 1.807) is 0 Å². The van der Waals surface area contributed by atoms with E-state index in [2.05, 4.69) is 43.5 Å². The normalized spacial score (nSPS) is 18.3. The topological polar surface area (TPSA) is 149 Å². The van der Waals surface area contributed by atoms with Crippen LogP contribution in [0.2, 0.25) is 0 Å². The van der Waals surface area contributed by atoms with E-state index in [1.165, 1.54) is 315 Å². The van der Waals surface area contributed by atoms with Gasteiger partial charge in [0.05, 0.1) is 25.4 Å². The zero-order valence-electron chi connectivity index (χ0n) is 55.2. The van der Waals surface area contributed by atoms with E-state index >= 15 is 0 Å². The maximum atomic E-state index is 13.2. The highest BCUT2D eigenvalue weighted by Gasteiger charge is 2.44. The molecule has 0 aromatic heterocycles. The second-order valence-electron chi connectivity index (χ2n) is 26.1. The lowest BCUT2D eigenvalue weighted by Gasteiger charge is -2.40. The number of hydrogen-bond acceptors (Lipinski definition) is 8. The summed E-state index contributed by atoms with van der Waals surface area (Å²) >= 11 is 0. The van der Waals surface area contributed by atoms with Gasteiger partial charge in [-0.15, -0.1) is 0 Å². The Morgan fingerprint density at radius 3 is 1.04 bits per heavy atom. The van der Waals surface area contributed by atoms with Gasteiger partial charge in [-0.25, -0.2) is 0 Å². The minimum Gasteiger partial charge on any atom is -0.394 e. The number of amides is 1. The van der Waals surface area contributed by atoms with Crippen molar-refractivity contribution in [2.24, 2.45) is 0 Å². The maximum Gasteiger partial charge on any atom is 0.220 e. The van der Waals surface area contributed by atoms with Crippen LogP contribution in [0.5, 0.6) is 0 Å². The molecule has 1 fully saturated rings. The Morgan fingerprint density at radius 1 is 0.410 bits per heavy atom. The summed E-state index contributed by atoms with van der Waals surface area (Å²) in [4.78, 5) is 13.2.